The Kier molecular flexibility index (Phi) is 5.79. The summed E-state index contributed by atoms with van der Waals surface area (Å²) in [4.78, 5) is 15.0. The number of fused-ring (bicyclic) bond motifs is 1. The lowest BCUT2D eigenvalue weighted by molar-refractivity contribution is -0.137. The minimum absolute atomic E-state index is 0.00742. The van der Waals surface area contributed by atoms with Crippen molar-refractivity contribution in [3.8, 4) is 17.3 Å². The highest BCUT2D eigenvalue weighted by Gasteiger charge is 2.31. The monoisotopic (exact) mass is 457 g/mol. The summed E-state index contributed by atoms with van der Waals surface area (Å²) in [6.45, 7) is 0. The molecule has 0 fully saturated rings. The molecule has 7 nitrogen and oxygen atoms in total. The van der Waals surface area contributed by atoms with Gasteiger partial charge in [0.15, 0.2) is 6.10 Å². The number of primary amides is 1. The number of benzene rings is 2. The molecule has 0 saturated carbocycles. The first kappa shape index (κ1) is 22.3. The van der Waals surface area contributed by atoms with E-state index in [2.05, 4.69) is 4.98 Å². The van der Waals surface area contributed by atoms with Crippen molar-refractivity contribution in [3.63, 3.8) is 0 Å². The number of aromatic nitrogens is 2. The fourth-order valence-corrected chi connectivity index (χ4v) is 3.38. The number of alkyl halides is 3. The molecule has 4 aromatic rings. The third kappa shape index (κ3) is 4.52. The van der Waals surface area contributed by atoms with Crippen LogP contribution in [0.3, 0.4) is 0 Å². The highest BCUT2D eigenvalue weighted by atomic mass is 19.4. The number of aliphatic hydroxyl groups is 2. The average molecular weight is 457 g/mol. The molecule has 0 bridgehead atoms. The Morgan fingerprint density at radius 2 is 1.73 bits per heavy atom. The summed E-state index contributed by atoms with van der Waals surface area (Å²) in [5.74, 6) is -0.683. The number of carbonyl (C=O) groups excluding carboxylic acids is 1. The Morgan fingerprint density at radius 3 is 2.33 bits per heavy atom. The number of halogens is 3. The molecule has 4 N–H and O–H groups in total. The van der Waals surface area contributed by atoms with E-state index in [0.717, 1.165) is 12.1 Å². The van der Waals surface area contributed by atoms with Crippen LogP contribution in [-0.2, 0) is 11.0 Å². The van der Waals surface area contributed by atoms with Gasteiger partial charge in [0.05, 0.1) is 11.1 Å². The van der Waals surface area contributed by atoms with Gasteiger partial charge in [-0.1, -0.05) is 18.2 Å². The Balaban J connectivity index is 1.61. The smallest absolute Gasteiger partial charge is 0.417 e. The summed E-state index contributed by atoms with van der Waals surface area (Å²) in [6, 6.07) is 15.7. The number of pyridine rings is 1. The summed E-state index contributed by atoms with van der Waals surface area (Å²) >= 11 is 0. The fraction of sp³-hybridized carbons (Fsp3) is 0.130. The lowest BCUT2D eigenvalue weighted by atomic mass is 10.0. The highest BCUT2D eigenvalue weighted by molar-refractivity contribution is 5.87. The second-order valence-corrected chi connectivity index (χ2v) is 7.24. The van der Waals surface area contributed by atoms with E-state index in [-0.39, 0.29) is 5.88 Å². The van der Waals surface area contributed by atoms with Crippen molar-refractivity contribution < 1.29 is 32.9 Å². The molecule has 2 atom stereocenters. The van der Waals surface area contributed by atoms with Crippen molar-refractivity contribution >= 4 is 16.8 Å². The van der Waals surface area contributed by atoms with Gasteiger partial charge in [0.1, 0.15) is 11.9 Å². The Labute approximate surface area is 185 Å². The van der Waals surface area contributed by atoms with Crippen LogP contribution >= 0.6 is 0 Å². The average Bonchev–Trinajstić information content (AvgIpc) is 3.18. The Hall–Kier alpha value is -3.89. The summed E-state index contributed by atoms with van der Waals surface area (Å²) in [6.07, 6.45) is -5.47. The molecule has 2 heterocycles. The molecule has 1 amide bonds. The van der Waals surface area contributed by atoms with Gasteiger partial charge in [-0.3, -0.25) is 4.79 Å². The van der Waals surface area contributed by atoms with Gasteiger partial charge >= 0.3 is 6.18 Å². The first-order valence-corrected chi connectivity index (χ1v) is 9.72. The van der Waals surface area contributed by atoms with Crippen LogP contribution in [0.1, 0.15) is 17.2 Å². The number of nitrogens with two attached hydrogens (primary N) is 1. The Morgan fingerprint density at radius 1 is 1.03 bits per heavy atom. The van der Waals surface area contributed by atoms with Crippen LogP contribution in [0.5, 0.6) is 11.6 Å². The van der Waals surface area contributed by atoms with E-state index < -0.39 is 29.9 Å². The maximum Gasteiger partial charge on any atom is 0.417 e. The molecule has 4 rings (SSSR count). The number of ether oxygens (including phenoxy) is 1. The van der Waals surface area contributed by atoms with Gasteiger partial charge in [-0.2, -0.15) is 13.2 Å². The predicted molar refractivity (Wildman–Crippen MR) is 113 cm³/mol. The maximum absolute atomic E-state index is 12.7. The van der Waals surface area contributed by atoms with Crippen molar-refractivity contribution in [2.45, 2.75) is 18.4 Å². The summed E-state index contributed by atoms with van der Waals surface area (Å²) in [5.41, 5.74) is 5.95. The van der Waals surface area contributed by atoms with Gasteiger partial charge in [-0.25, -0.2) is 4.98 Å². The van der Waals surface area contributed by atoms with E-state index in [9.17, 15) is 28.2 Å². The van der Waals surface area contributed by atoms with Crippen LogP contribution < -0.4 is 10.5 Å². The number of para-hydroxylation sites is 1. The summed E-state index contributed by atoms with van der Waals surface area (Å²) in [5, 5.41) is 21.0. The molecule has 0 aliphatic rings. The second-order valence-electron chi connectivity index (χ2n) is 7.24. The van der Waals surface area contributed by atoms with E-state index in [1.807, 2.05) is 0 Å². The topological polar surface area (TPSA) is 111 Å². The van der Waals surface area contributed by atoms with Crippen LogP contribution in [0.2, 0.25) is 0 Å². The van der Waals surface area contributed by atoms with E-state index in [1.165, 1.54) is 0 Å². The Bertz CT molecular complexity index is 1290. The van der Waals surface area contributed by atoms with Crippen LogP contribution in [0.15, 0.2) is 73.1 Å². The van der Waals surface area contributed by atoms with Gasteiger partial charge < -0.3 is 25.3 Å². The zero-order valence-corrected chi connectivity index (χ0v) is 16.9. The van der Waals surface area contributed by atoms with Crippen molar-refractivity contribution in [3.05, 3.63) is 84.2 Å². The lowest BCUT2D eigenvalue weighted by Crippen LogP contribution is -2.33. The zero-order valence-electron chi connectivity index (χ0n) is 16.9. The molecule has 0 spiro atoms. The number of hydrogen-bond donors (Lipinski definition) is 3. The molecule has 33 heavy (non-hydrogen) atoms. The van der Waals surface area contributed by atoms with Crippen LogP contribution in [0, 0.1) is 0 Å². The van der Waals surface area contributed by atoms with Crippen molar-refractivity contribution in [1.29, 1.82) is 0 Å². The SMILES string of the molecule is NC(=O)[C@@H](O)C(O)c1cn(-c2ccc(Oc3ccc(C(F)(F)F)cn3)cc2)c2ccccc12. The maximum atomic E-state index is 12.7. The molecular weight excluding hydrogens is 439 g/mol. The standard InChI is InChI=1S/C23H18F3N3O4/c24-23(25,26)13-5-10-19(28-11-13)33-15-8-6-14(7-9-15)29-12-17(20(30)21(31)22(27)32)16-3-1-2-4-18(16)29/h1-12,20-21,30-31H,(H2,27,32)/t20?,21-/m0/s1. The van der Waals surface area contributed by atoms with Crippen LogP contribution in [0.4, 0.5) is 13.2 Å². The molecule has 0 radical (unpaired) electrons. The molecule has 2 aromatic carbocycles. The molecule has 0 aliphatic heterocycles. The number of rotatable bonds is 6. The van der Waals surface area contributed by atoms with Gasteiger partial charge in [0.2, 0.25) is 11.8 Å². The fourth-order valence-electron chi connectivity index (χ4n) is 3.38. The third-order valence-corrected chi connectivity index (χ3v) is 5.05. The number of aliphatic hydroxyl groups excluding tert-OH is 2. The molecule has 170 valence electrons. The van der Waals surface area contributed by atoms with E-state index in [1.54, 1.807) is 59.3 Å². The molecular formula is C23H18F3N3O4. The minimum atomic E-state index is -4.48. The quantitative estimate of drug-likeness (QED) is 0.409. The summed E-state index contributed by atoms with van der Waals surface area (Å²) in [7, 11) is 0. The normalized spacial score (nSPS) is 13.6. The molecule has 1 unspecified atom stereocenters. The number of nitrogens with zero attached hydrogens (tertiary/aromatic N) is 2. The van der Waals surface area contributed by atoms with Gasteiger partial charge in [0, 0.05) is 35.1 Å². The second kappa shape index (κ2) is 8.57. The van der Waals surface area contributed by atoms with E-state index in [4.69, 9.17) is 10.5 Å². The minimum Gasteiger partial charge on any atom is -0.439 e. The van der Waals surface area contributed by atoms with Crippen molar-refractivity contribution in [2.75, 3.05) is 0 Å². The highest BCUT2D eigenvalue weighted by Crippen LogP contribution is 2.32. The van der Waals surface area contributed by atoms with Crippen molar-refractivity contribution in [1.82, 2.24) is 9.55 Å². The predicted octanol–water partition coefficient (Wildman–Crippen LogP) is 3.72. The van der Waals surface area contributed by atoms with Crippen molar-refractivity contribution in [2.24, 2.45) is 5.73 Å². The first-order chi connectivity index (χ1) is 15.6. The number of hydrogen-bond acceptors (Lipinski definition) is 5. The van der Waals surface area contributed by atoms with Crippen LogP contribution in [0.25, 0.3) is 16.6 Å². The van der Waals surface area contributed by atoms with Gasteiger partial charge in [0.25, 0.3) is 0 Å². The lowest BCUT2D eigenvalue weighted by Gasteiger charge is -2.14. The first-order valence-electron chi connectivity index (χ1n) is 9.72. The zero-order chi connectivity index (χ0) is 23.8. The molecule has 10 heteroatoms. The molecule has 2 aromatic heterocycles. The van der Waals surface area contributed by atoms with Gasteiger partial charge in [-0.05, 0) is 36.4 Å². The number of carbonyl (C=O) groups is 1. The third-order valence-electron chi connectivity index (χ3n) is 5.05. The van der Waals surface area contributed by atoms with E-state index in [0.29, 0.717) is 34.1 Å². The molecule has 0 aliphatic carbocycles. The van der Waals surface area contributed by atoms with Gasteiger partial charge in [-0.15, -0.1) is 0 Å². The molecule has 0 saturated heterocycles. The largest absolute Gasteiger partial charge is 0.439 e. The van der Waals surface area contributed by atoms with Crippen LogP contribution in [-0.4, -0.2) is 31.8 Å². The summed E-state index contributed by atoms with van der Waals surface area (Å²) < 4.78 is 45.3. The van der Waals surface area contributed by atoms with E-state index >= 15 is 0 Å². The number of amides is 1.